The number of aromatic nitrogens is 2. The SMILES string of the molecule is c1nsc(SC2CCNC2)n1. The van der Waals surface area contributed by atoms with E-state index in [0.29, 0.717) is 5.25 Å². The van der Waals surface area contributed by atoms with Crippen LogP contribution in [-0.4, -0.2) is 27.7 Å². The highest BCUT2D eigenvalue weighted by Gasteiger charge is 2.16. The number of nitrogens with zero attached hydrogens (tertiary/aromatic N) is 2. The van der Waals surface area contributed by atoms with Crippen LogP contribution >= 0.6 is 23.3 Å². The molecule has 1 aromatic rings. The van der Waals surface area contributed by atoms with E-state index >= 15 is 0 Å². The van der Waals surface area contributed by atoms with Crippen molar-refractivity contribution >= 4 is 23.3 Å². The summed E-state index contributed by atoms with van der Waals surface area (Å²) in [5.41, 5.74) is 0. The fourth-order valence-electron chi connectivity index (χ4n) is 1.09. The first-order valence-corrected chi connectivity index (χ1v) is 5.24. The van der Waals surface area contributed by atoms with E-state index in [0.717, 1.165) is 17.4 Å². The van der Waals surface area contributed by atoms with Gasteiger partial charge < -0.3 is 5.32 Å². The molecule has 2 rings (SSSR count). The van der Waals surface area contributed by atoms with Crippen LogP contribution in [-0.2, 0) is 0 Å². The molecule has 0 spiro atoms. The predicted molar refractivity (Wildman–Crippen MR) is 47.0 cm³/mol. The number of nitrogens with one attached hydrogen (secondary N) is 1. The average molecular weight is 187 g/mol. The average Bonchev–Trinajstić information content (AvgIpc) is 2.60. The van der Waals surface area contributed by atoms with Crippen molar-refractivity contribution in [1.29, 1.82) is 0 Å². The molecule has 11 heavy (non-hydrogen) atoms. The molecule has 1 aromatic heterocycles. The quantitative estimate of drug-likeness (QED) is 0.749. The molecule has 5 heteroatoms. The van der Waals surface area contributed by atoms with Crippen LogP contribution in [0.1, 0.15) is 6.42 Å². The lowest BCUT2D eigenvalue weighted by Gasteiger charge is -2.02. The monoisotopic (exact) mass is 187 g/mol. The fourth-order valence-corrected chi connectivity index (χ4v) is 2.90. The first-order valence-electron chi connectivity index (χ1n) is 3.59. The van der Waals surface area contributed by atoms with E-state index in [1.54, 1.807) is 6.33 Å². The van der Waals surface area contributed by atoms with E-state index in [2.05, 4.69) is 14.7 Å². The van der Waals surface area contributed by atoms with Crippen molar-refractivity contribution in [3.05, 3.63) is 6.33 Å². The van der Waals surface area contributed by atoms with Crippen LogP contribution in [0, 0.1) is 0 Å². The lowest BCUT2D eigenvalue weighted by Crippen LogP contribution is -2.09. The van der Waals surface area contributed by atoms with Gasteiger partial charge >= 0.3 is 0 Å². The van der Waals surface area contributed by atoms with Crippen molar-refractivity contribution in [2.45, 2.75) is 16.0 Å². The molecule has 0 saturated carbocycles. The van der Waals surface area contributed by atoms with Crippen molar-refractivity contribution in [3.8, 4) is 0 Å². The minimum absolute atomic E-state index is 0.711. The molecule has 2 heterocycles. The molecule has 1 aliphatic heterocycles. The van der Waals surface area contributed by atoms with Crippen molar-refractivity contribution in [3.63, 3.8) is 0 Å². The van der Waals surface area contributed by atoms with Crippen molar-refractivity contribution in [1.82, 2.24) is 14.7 Å². The van der Waals surface area contributed by atoms with Gasteiger partial charge in [-0.3, -0.25) is 0 Å². The molecule has 0 radical (unpaired) electrons. The molecule has 1 fully saturated rings. The maximum atomic E-state index is 4.12. The zero-order chi connectivity index (χ0) is 7.52. The van der Waals surface area contributed by atoms with Crippen LogP contribution in [0.2, 0.25) is 0 Å². The van der Waals surface area contributed by atoms with E-state index in [-0.39, 0.29) is 0 Å². The van der Waals surface area contributed by atoms with Gasteiger partial charge in [0.2, 0.25) is 0 Å². The van der Waals surface area contributed by atoms with Gasteiger partial charge in [-0.05, 0) is 24.5 Å². The van der Waals surface area contributed by atoms with E-state index in [9.17, 15) is 0 Å². The number of hydrogen-bond donors (Lipinski definition) is 1. The lowest BCUT2D eigenvalue weighted by atomic mass is 10.4. The van der Waals surface area contributed by atoms with Gasteiger partial charge in [-0.1, -0.05) is 11.8 Å². The van der Waals surface area contributed by atoms with Crippen LogP contribution in [0.25, 0.3) is 0 Å². The first kappa shape index (κ1) is 7.52. The third kappa shape index (κ3) is 1.91. The summed E-state index contributed by atoms with van der Waals surface area (Å²) < 4.78 is 5.05. The Kier molecular flexibility index (Phi) is 2.40. The summed E-state index contributed by atoms with van der Waals surface area (Å²) in [7, 11) is 0. The maximum absolute atomic E-state index is 4.12. The molecule has 60 valence electrons. The Balaban J connectivity index is 1.90. The Hall–Kier alpha value is -0.130. The normalized spacial score (nSPS) is 24.2. The van der Waals surface area contributed by atoms with E-state index < -0.39 is 0 Å². The highest BCUT2D eigenvalue weighted by Crippen LogP contribution is 2.26. The Labute approximate surface area is 73.8 Å². The van der Waals surface area contributed by atoms with Gasteiger partial charge in [0.15, 0.2) is 4.34 Å². The number of hydrogen-bond acceptors (Lipinski definition) is 5. The minimum atomic E-state index is 0.711. The van der Waals surface area contributed by atoms with Crippen molar-refractivity contribution in [2.75, 3.05) is 13.1 Å². The second-order valence-corrected chi connectivity index (χ2v) is 4.77. The highest BCUT2D eigenvalue weighted by atomic mass is 32.2. The molecule has 0 aromatic carbocycles. The molecule has 1 saturated heterocycles. The fraction of sp³-hybridized carbons (Fsp3) is 0.667. The maximum Gasteiger partial charge on any atom is 0.170 e. The molecular formula is C6H9N3S2. The van der Waals surface area contributed by atoms with Gasteiger partial charge in [-0.25, -0.2) is 4.98 Å². The highest BCUT2D eigenvalue weighted by molar-refractivity contribution is 8.01. The Morgan fingerprint density at radius 3 is 3.36 bits per heavy atom. The van der Waals surface area contributed by atoms with E-state index in [4.69, 9.17) is 0 Å². The summed E-state index contributed by atoms with van der Waals surface area (Å²) in [6.07, 6.45) is 2.87. The molecule has 0 aliphatic carbocycles. The summed E-state index contributed by atoms with van der Waals surface area (Å²) in [5, 5.41) is 4.03. The second-order valence-electron chi connectivity index (χ2n) is 2.44. The van der Waals surface area contributed by atoms with Crippen molar-refractivity contribution in [2.24, 2.45) is 0 Å². The van der Waals surface area contributed by atoms with Crippen molar-refractivity contribution < 1.29 is 0 Å². The molecule has 3 nitrogen and oxygen atoms in total. The largest absolute Gasteiger partial charge is 0.316 e. The smallest absolute Gasteiger partial charge is 0.170 e. The van der Waals surface area contributed by atoms with Crippen LogP contribution in [0.15, 0.2) is 10.7 Å². The number of rotatable bonds is 2. The molecular weight excluding hydrogens is 178 g/mol. The second kappa shape index (κ2) is 3.51. The topological polar surface area (TPSA) is 37.8 Å². The van der Waals surface area contributed by atoms with Crippen LogP contribution < -0.4 is 5.32 Å². The standard InChI is InChI=1S/C6H9N3S2/c1-2-7-3-5(1)10-6-8-4-9-11-6/h4-5,7H,1-3H2. The van der Waals surface area contributed by atoms with Gasteiger partial charge in [0, 0.05) is 11.8 Å². The Morgan fingerprint density at radius 1 is 1.73 bits per heavy atom. The van der Waals surface area contributed by atoms with Crippen LogP contribution in [0.3, 0.4) is 0 Å². The zero-order valence-electron chi connectivity index (χ0n) is 5.99. The van der Waals surface area contributed by atoms with Gasteiger partial charge in [0.05, 0.1) is 0 Å². The van der Waals surface area contributed by atoms with Crippen LogP contribution in [0.4, 0.5) is 0 Å². The zero-order valence-corrected chi connectivity index (χ0v) is 7.62. The summed E-state index contributed by atoms with van der Waals surface area (Å²) in [6, 6.07) is 0. The van der Waals surface area contributed by atoms with Crippen LogP contribution in [0.5, 0.6) is 0 Å². The first-order chi connectivity index (χ1) is 5.45. The lowest BCUT2D eigenvalue weighted by molar-refractivity contribution is 0.858. The molecule has 0 amide bonds. The van der Waals surface area contributed by atoms with Gasteiger partial charge in [-0.15, -0.1) is 0 Å². The van der Waals surface area contributed by atoms with Gasteiger partial charge in [0.1, 0.15) is 6.33 Å². The third-order valence-corrected chi connectivity index (χ3v) is 3.64. The summed E-state index contributed by atoms with van der Waals surface area (Å²) >= 11 is 3.32. The Bertz CT molecular complexity index is 206. The molecule has 1 atom stereocenters. The summed E-state index contributed by atoms with van der Waals surface area (Å²) in [6.45, 7) is 2.26. The summed E-state index contributed by atoms with van der Waals surface area (Å²) in [5.74, 6) is 0. The molecule has 0 bridgehead atoms. The summed E-state index contributed by atoms with van der Waals surface area (Å²) in [4.78, 5) is 4.12. The number of thioether (sulfide) groups is 1. The van der Waals surface area contributed by atoms with Gasteiger partial charge in [-0.2, -0.15) is 4.37 Å². The Morgan fingerprint density at radius 2 is 2.73 bits per heavy atom. The molecule has 1 aliphatic rings. The van der Waals surface area contributed by atoms with Gasteiger partial charge in [0.25, 0.3) is 0 Å². The van der Waals surface area contributed by atoms with E-state index in [1.165, 1.54) is 18.0 Å². The third-order valence-electron chi connectivity index (χ3n) is 1.62. The van der Waals surface area contributed by atoms with E-state index in [1.807, 2.05) is 11.8 Å². The molecule has 1 unspecified atom stereocenters. The molecule has 1 N–H and O–H groups in total. The predicted octanol–water partition coefficient (Wildman–Crippen LogP) is 0.992. The minimum Gasteiger partial charge on any atom is -0.316 e.